The zero-order chi connectivity index (χ0) is 103. The average Bonchev–Trinajstić information content (AvgIpc) is 0.885. The molecule has 0 radical (unpaired) electrons. The van der Waals surface area contributed by atoms with E-state index in [1.165, 1.54) is 41.5 Å². The van der Waals surface area contributed by atoms with E-state index < -0.39 is 258 Å². The first-order valence-electron chi connectivity index (χ1n) is 44.1. The van der Waals surface area contributed by atoms with Crippen molar-refractivity contribution in [2.75, 3.05) is 58.6 Å². The molecule has 1 amide bonds. The second kappa shape index (κ2) is 58.0. The summed E-state index contributed by atoms with van der Waals surface area (Å²) in [6.45, 7) is 24.7. The van der Waals surface area contributed by atoms with E-state index in [9.17, 15) is 131 Å². The number of rotatable bonds is 21. The number of aliphatic carboxylic acids is 1. The van der Waals surface area contributed by atoms with Crippen molar-refractivity contribution < 1.29 is 243 Å². The lowest BCUT2D eigenvalue weighted by atomic mass is 9.80. The third kappa shape index (κ3) is 34.1. The minimum atomic E-state index is -1.78. The van der Waals surface area contributed by atoms with Crippen LogP contribution in [0.2, 0.25) is 0 Å². The molecule has 0 aromatic rings. The van der Waals surface area contributed by atoms with E-state index in [-0.39, 0.29) is 141 Å². The fourth-order valence-electron chi connectivity index (χ4n) is 15.8. The molecule has 0 aromatic heterocycles. The number of hydrogen-bond donors (Lipinski definition) is 32. The molecule has 0 aliphatic carbocycles. The number of aliphatic hydroxyl groups is 28. The van der Waals surface area contributed by atoms with E-state index in [0.29, 0.717) is 6.42 Å². The fraction of sp³-hybridized carbons (Fsp3) is 0.939. The molecular formula is C82H152N2O49S. The van der Waals surface area contributed by atoms with Crippen LogP contribution in [0.15, 0.2) is 0 Å². The Hall–Kier alpha value is -3.94. The number of nitrogens with two attached hydrogens (primary N) is 1. The molecule has 134 heavy (non-hydrogen) atoms. The van der Waals surface area contributed by atoms with Gasteiger partial charge in [-0.2, -0.15) is 12.6 Å². The Bertz CT molecular complexity index is 3220. The normalized spacial score (nSPS) is 45.2. The van der Waals surface area contributed by atoms with Crippen molar-refractivity contribution in [1.29, 1.82) is 0 Å². The maximum atomic E-state index is 11.2. The monoisotopic (exact) mass is 1980 g/mol. The predicted molar refractivity (Wildman–Crippen MR) is 453 cm³/mol. The number of thiol groups is 1. The fourth-order valence-corrected chi connectivity index (χ4v) is 16.1. The highest BCUT2D eigenvalue weighted by Crippen LogP contribution is 2.38. The zero-order valence-electron chi connectivity index (χ0n) is 77.7. The first-order valence-corrected chi connectivity index (χ1v) is 44.8. The van der Waals surface area contributed by atoms with Crippen LogP contribution in [0.5, 0.6) is 0 Å². The van der Waals surface area contributed by atoms with Crippen LogP contribution in [0, 0.1) is 23.7 Å². The van der Waals surface area contributed by atoms with Crippen LogP contribution in [-0.4, -0.2) is 517 Å². The quantitative estimate of drug-likeness (QED) is 0.0288. The van der Waals surface area contributed by atoms with Crippen LogP contribution in [0.3, 0.4) is 0 Å². The number of carbonyl (C=O) groups excluding carboxylic acids is 4. The molecule has 32 N–H and O–H groups in total. The van der Waals surface area contributed by atoms with E-state index in [0.717, 1.165) is 0 Å². The van der Waals surface area contributed by atoms with Gasteiger partial charge in [-0.05, 0) is 72.6 Å². The summed E-state index contributed by atoms with van der Waals surface area (Å²) >= 11 is 3.99. The summed E-state index contributed by atoms with van der Waals surface area (Å²) in [5.74, 6) is -1.43. The van der Waals surface area contributed by atoms with Gasteiger partial charge < -0.3 is 230 Å². The maximum absolute atomic E-state index is 11.2. The van der Waals surface area contributed by atoms with Crippen molar-refractivity contribution in [3.8, 4) is 0 Å². The van der Waals surface area contributed by atoms with Gasteiger partial charge in [0.15, 0.2) is 24.5 Å². The molecule has 0 bridgehead atoms. The van der Waals surface area contributed by atoms with Crippen LogP contribution in [0.4, 0.5) is 0 Å². The molecule has 790 valence electrons. The van der Waals surface area contributed by atoms with Gasteiger partial charge in [0.2, 0.25) is 5.91 Å². The van der Waals surface area contributed by atoms with E-state index >= 15 is 0 Å². The van der Waals surface area contributed by atoms with E-state index in [4.69, 9.17) is 118 Å². The third-order valence-corrected chi connectivity index (χ3v) is 25.3. The average molecular weight is 1980 g/mol. The molecule has 10 saturated heterocycles. The molecule has 10 heterocycles. The SMILES string of the molecule is CC(=O)NC1[C@H](C)OC(COC(C)=O)[C@@H](C)[C@@H]1C.CC(=O)OCC1O[C@@H](C)C(OC(C)=O)[C@@H](C)[C@@H]1C.CCC1O[C@H](O[C@H]2OC(CS)[C@@H](O)[C@H](O)C2O)[C@H](O)C(O)[C@@H]1O.C[C@@H]1OC(CO)[C@@H](O)[C@H](O)C1N.C[C@@H]1OC(CO)[C@@H](O)[C@H](O)C1O.C[C@@H]1OC(CO)[C@@H](O[C@H]2OC(CO)[C@@H](O)[C@H](O)C2O)[C@H](O)C1O.C[C@H]1O[C@H](CO)C(O)[C@H]1O.C[C@]1(C(=O)O)C[C@@H](O)[C@@H](O)C([C@H](O)[C@H](O)CO)O1. The Balaban J connectivity index is 0.000000400. The highest BCUT2D eigenvalue weighted by atomic mass is 32.1. The van der Waals surface area contributed by atoms with Gasteiger partial charge in [-0.25, -0.2) is 4.79 Å². The van der Waals surface area contributed by atoms with Crippen molar-refractivity contribution >= 4 is 42.4 Å². The van der Waals surface area contributed by atoms with Crippen molar-refractivity contribution in [1.82, 2.24) is 5.32 Å². The number of ether oxygens (including phenoxy) is 15. The van der Waals surface area contributed by atoms with Gasteiger partial charge in [-0.15, -0.1) is 0 Å². The van der Waals surface area contributed by atoms with Gasteiger partial charge in [0.05, 0.1) is 119 Å². The van der Waals surface area contributed by atoms with Gasteiger partial charge >= 0.3 is 23.9 Å². The topological polar surface area (TPSA) is 849 Å². The highest BCUT2D eigenvalue weighted by Gasteiger charge is 2.55. The lowest BCUT2D eigenvalue weighted by molar-refractivity contribution is -0.371. The number of carbonyl (C=O) groups is 5. The van der Waals surface area contributed by atoms with Crippen LogP contribution < -0.4 is 11.1 Å². The third-order valence-electron chi connectivity index (χ3n) is 24.9. The summed E-state index contributed by atoms with van der Waals surface area (Å²) in [7, 11) is 0. The van der Waals surface area contributed by atoms with Crippen LogP contribution >= 0.6 is 12.6 Å². The van der Waals surface area contributed by atoms with Crippen molar-refractivity contribution in [3.63, 3.8) is 0 Å². The highest BCUT2D eigenvalue weighted by molar-refractivity contribution is 7.80. The van der Waals surface area contributed by atoms with Gasteiger partial charge in [0.25, 0.3) is 0 Å². The second-order valence-electron chi connectivity index (χ2n) is 35.0. The van der Waals surface area contributed by atoms with Crippen LogP contribution in [0.25, 0.3) is 0 Å². The molecular weight excluding hydrogens is 1830 g/mol. The summed E-state index contributed by atoms with van der Waals surface area (Å²) in [6, 6.07) is -0.589. The van der Waals surface area contributed by atoms with Crippen LogP contribution in [-0.2, 0) is 95.0 Å². The van der Waals surface area contributed by atoms with Crippen molar-refractivity contribution in [2.45, 2.75) is 404 Å². The molecule has 10 rings (SSSR count). The summed E-state index contributed by atoms with van der Waals surface area (Å²) in [6.07, 6.45) is -45.9. The maximum Gasteiger partial charge on any atom is 0.335 e. The first kappa shape index (κ1) is 124. The molecule has 0 spiro atoms. The number of amides is 1. The van der Waals surface area contributed by atoms with Crippen molar-refractivity contribution in [3.05, 3.63) is 0 Å². The minimum Gasteiger partial charge on any atom is -0.479 e. The standard InChI is InChI=1S/C13H23NO4.C13H24O10.C13H24O9S.C13H22O5.C10H18O8.C7H15NO4.C7H14O5.C6H12O4/c1-7-8(2)13(14-10(4)15)9(3)18-12(7)6-17-11(5)16;1-4-7(16)10(19)12(6(3-15)21-4)23-13-11(20)9(18)8(17)5(2-14)22-13;1-2-4-6(14)8(16)10(18)12(20-4)22-13-11(19)9(17)7(15)5(3-23)21-13;1-7-8(2)13(18-11(5)15)9(3)17-12(7)6-16-10(4)14;1-10(9(16)17)2-4(12)6(14)8(18-10)7(15)5(13)3-11;1-3-5(8)7(11)6(10)4(2-9)12-3;1-3-5(9)7(11)6(10)4(2-8)12-3;1-3-5(8)6(9)4(2-7)10-3/h7-9,12-13H,6H2,1-5H3,(H,14,15);4-20H,2-3H2,1H3;4-19,23H,2-3H2,1H3;7-9,12-13H,6H2,1-5H3;4-8,11-15H,2-3H2,1H3,(H,16,17);3-7,9-11H,2,8H2,1H3;3-11H,2H2,1H3;3-9H,2H2,1H3/t7-,8-,9-,12?,13?;4-,5?,6?,7?,8+,9-,10+,11?,12+,13+;4?,5?,6-,7-,8?,9+,10-,11?,12-,13-;7-,8-,9-,12?,13?;4-,5-,6-,7-,8?,10-;2*3-,4?,5?,6+,7+;3-,4-,5+,6?/m00101001/s1. The van der Waals surface area contributed by atoms with Gasteiger partial charge in [-0.3, -0.25) is 19.2 Å². The second-order valence-corrected chi connectivity index (χ2v) is 35.4. The molecule has 51 nitrogen and oxygen atoms in total. The largest absolute Gasteiger partial charge is 0.479 e. The lowest BCUT2D eigenvalue weighted by Gasteiger charge is -2.45. The minimum absolute atomic E-state index is 0.00563. The Kier molecular flexibility index (Phi) is 53.7. The number of carboxylic acids is 1. The molecule has 10 fully saturated rings. The molecule has 0 saturated carbocycles. The summed E-state index contributed by atoms with van der Waals surface area (Å²) in [5.41, 5.74) is 3.73. The predicted octanol–water partition coefficient (Wildman–Crippen LogP) is -13.5. The zero-order valence-corrected chi connectivity index (χ0v) is 78.6. The van der Waals surface area contributed by atoms with Gasteiger partial charge in [0.1, 0.15) is 190 Å². The molecule has 10 aliphatic rings. The Labute approximate surface area is 780 Å². The number of esters is 3. The molecule has 0 aromatic carbocycles. The van der Waals surface area contributed by atoms with E-state index in [1.54, 1.807) is 27.7 Å². The number of carboxylic acid groups (broad SMARTS) is 1. The van der Waals surface area contributed by atoms with Gasteiger partial charge in [-0.1, -0.05) is 34.6 Å². The Morgan fingerprint density at radius 3 is 1.14 bits per heavy atom. The molecule has 10 aliphatic heterocycles. The van der Waals surface area contributed by atoms with E-state index in [1.807, 2.05) is 27.7 Å². The Morgan fingerprint density at radius 2 is 0.746 bits per heavy atom. The Morgan fingerprint density at radius 1 is 0.396 bits per heavy atom. The first-order chi connectivity index (χ1) is 62.3. The van der Waals surface area contributed by atoms with Gasteiger partial charge in [0, 0.05) is 45.8 Å². The number of aliphatic hydroxyl groups excluding tert-OH is 28. The summed E-state index contributed by atoms with van der Waals surface area (Å²) in [5, 5.41) is 276. The summed E-state index contributed by atoms with van der Waals surface area (Å²) < 4.78 is 79.0. The van der Waals surface area contributed by atoms with Crippen molar-refractivity contribution in [2.24, 2.45) is 29.4 Å². The number of nitrogens with one attached hydrogen (secondary N) is 1. The van der Waals surface area contributed by atoms with E-state index in [2.05, 4.69) is 31.8 Å². The van der Waals surface area contributed by atoms with Crippen LogP contribution in [0.1, 0.15) is 124 Å². The molecule has 52 heteroatoms. The smallest absolute Gasteiger partial charge is 0.335 e. The number of hydrogen-bond acceptors (Lipinski definition) is 50. The lowest BCUT2D eigenvalue weighted by Crippen LogP contribution is -2.64. The molecule has 50 atom stereocenters. The summed E-state index contributed by atoms with van der Waals surface area (Å²) in [4.78, 5) is 54.9. The molecule has 18 unspecified atom stereocenters.